The van der Waals surface area contributed by atoms with Crippen molar-refractivity contribution >= 4 is 17.8 Å². The van der Waals surface area contributed by atoms with Crippen LogP contribution in [-0.4, -0.2) is 37.5 Å². The Morgan fingerprint density at radius 3 is 2.38 bits per heavy atom. The molecular weight excluding hydrogens is 274 g/mol. The van der Waals surface area contributed by atoms with E-state index in [0.29, 0.717) is 18.5 Å². The van der Waals surface area contributed by atoms with Gasteiger partial charge in [0.1, 0.15) is 0 Å². The van der Waals surface area contributed by atoms with E-state index in [9.17, 15) is 14.4 Å². The molecule has 7 nitrogen and oxygen atoms in total. The average Bonchev–Trinajstić information content (AvgIpc) is 2.46. The van der Waals surface area contributed by atoms with Gasteiger partial charge in [0.15, 0.2) is 0 Å². The van der Waals surface area contributed by atoms with Crippen LogP contribution in [-0.2, 0) is 20.7 Å². The van der Waals surface area contributed by atoms with Gasteiger partial charge < -0.3 is 21.5 Å². The quantitative estimate of drug-likeness (QED) is 0.575. The van der Waals surface area contributed by atoms with Gasteiger partial charge in [-0.2, -0.15) is 0 Å². The van der Waals surface area contributed by atoms with Crippen molar-refractivity contribution in [3.05, 3.63) is 35.4 Å². The highest BCUT2D eigenvalue weighted by atomic mass is 16.5. The molecule has 1 rings (SSSR count). The molecule has 5 N–H and O–H groups in total. The van der Waals surface area contributed by atoms with Crippen molar-refractivity contribution in [3.8, 4) is 0 Å². The fourth-order valence-corrected chi connectivity index (χ4v) is 1.70. The van der Waals surface area contributed by atoms with E-state index in [2.05, 4.69) is 10.1 Å². The number of carbonyl (C=O) groups excluding carboxylic acids is 3. The van der Waals surface area contributed by atoms with E-state index in [1.807, 2.05) is 0 Å². The van der Waals surface area contributed by atoms with E-state index in [1.54, 1.807) is 24.3 Å². The summed E-state index contributed by atoms with van der Waals surface area (Å²) in [6.45, 7) is 0.378. The second kappa shape index (κ2) is 8.01. The number of nitrogens with two attached hydrogens (primary N) is 2. The maximum absolute atomic E-state index is 11.5. The molecule has 0 fully saturated rings. The van der Waals surface area contributed by atoms with Crippen LogP contribution in [0, 0.1) is 0 Å². The van der Waals surface area contributed by atoms with Gasteiger partial charge in [-0.05, 0) is 24.1 Å². The van der Waals surface area contributed by atoms with Crippen molar-refractivity contribution in [2.45, 2.75) is 18.9 Å². The van der Waals surface area contributed by atoms with Crippen molar-refractivity contribution in [1.29, 1.82) is 0 Å². The number of rotatable bonds is 7. The Labute approximate surface area is 122 Å². The molecule has 0 aliphatic carbocycles. The van der Waals surface area contributed by atoms with Crippen LogP contribution in [0.1, 0.15) is 22.3 Å². The molecule has 1 aromatic carbocycles. The van der Waals surface area contributed by atoms with E-state index in [4.69, 9.17) is 11.5 Å². The van der Waals surface area contributed by atoms with Gasteiger partial charge in [-0.25, -0.2) is 4.79 Å². The van der Waals surface area contributed by atoms with Gasteiger partial charge in [0.25, 0.3) is 0 Å². The van der Waals surface area contributed by atoms with Crippen LogP contribution in [0.3, 0.4) is 0 Å². The Bertz CT molecular complexity index is 513. The highest BCUT2D eigenvalue weighted by molar-refractivity contribution is 5.89. The average molecular weight is 293 g/mol. The van der Waals surface area contributed by atoms with Gasteiger partial charge in [0.2, 0.25) is 11.8 Å². The molecule has 0 aromatic heterocycles. The van der Waals surface area contributed by atoms with Crippen LogP contribution < -0.4 is 16.8 Å². The smallest absolute Gasteiger partial charge is 0.337 e. The molecule has 1 atom stereocenters. The molecule has 0 aliphatic rings. The molecule has 21 heavy (non-hydrogen) atoms. The summed E-state index contributed by atoms with van der Waals surface area (Å²) in [5.41, 5.74) is 11.9. The molecule has 0 unspecified atom stereocenters. The van der Waals surface area contributed by atoms with E-state index in [1.165, 1.54) is 7.11 Å². The number of hydrogen-bond acceptors (Lipinski definition) is 5. The van der Waals surface area contributed by atoms with Crippen molar-refractivity contribution in [3.63, 3.8) is 0 Å². The minimum atomic E-state index is -0.927. The van der Waals surface area contributed by atoms with Crippen LogP contribution in [0.25, 0.3) is 0 Å². The van der Waals surface area contributed by atoms with Gasteiger partial charge in [0, 0.05) is 6.54 Å². The summed E-state index contributed by atoms with van der Waals surface area (Å²) in [5, 5.41) is 2.62. The zero-order chi connectivity index (χ0) is 15.8. The maximum atomic E-state index is 11.5. The van der Waals surface area contributed by atoms with Crippen LogP contribution in [0.5, 0.6) is 0 Å². The van der Waals surface area contributed by atoms with Crippen LogP contribution in [0.15, 0.2) is 24.3 Å². The van der Waals surface area contributed by atoms with Gasteiger partial charge in [0.05, 0.1) is 25.1 Å². The SMILES string of the molecule is COC(=O)c1ccc(CCNC(=O)[C@H](N)CC(N)=O)cc1. The minimum Gasteiger partial charge on any atom is -0.465 e. The van der Waals surface area contributed by atoms with Gasteiger partial charge in [-0.3, -0.25) is 9.59 Å². The lowest BCUT2D eigenvalue weighted by molar-refractivity contribution is -0.126. The maximum Gasteiger partial charge on any atom is 0.337 e. The summed E-state index contributed by atoms with van der Waals surface area (Å²) >= 11 is 0. The standard InChI is InChI=1S/C14H19N3O4/c1-21-14(20)10-4-2-9(3-5-10)6-7-17-13(19)11(15)8-12(16)18/h2-5,11H,6-8,15H2,1H3,(H2,16,18)(H,17,19)/t11-/m1/s1. The number of nitrogens with one attached hydrogen (secondary N) is 1. The van der Waals surface area contributed by atoms with E-state index >= 15 is 0 Å². The van der Waals surface area contributed by atoms with Gasteiger partial charge in [-0.15, -0.1) is 0 Å². The molecule has 0 saturated carbocycles. The first-order valence-electron chi connectivity index (χ1n) is 6.43. The lowest BCUT2D eigenvalue weighted by Crippen LogP contribution is -2.43. The number of amides is 2. The molecule has 0 heterocycles. The lowest BCUT2D eigenvalue weighted by atomic mass is 10.1. The Balaban J connectivity index is 2.40. The third-order valence-corrected chi connectivity index (χ3v) is 2.85. The number of carbonyl (C=O) groups is 3. The third kappa shape index (κ3) is 5.62. The topological polar surface area (TPSA) is 125 Å². The molecule has 1 aromatic rings. The van der Waals surface area contributed by atoms with Crippen LogP contribution in [0.2, 0.25) is 0 Å². The predicted molar refractivity (Wildman–Crippen MR) is 76.3 cm³/mol. The highest BCUT2D eigenvalue weighted by Gasteiger charge is 2.15. The van der Waals surface area contributed by atoms with Gasteiger partial charge in [-0.1, -0.05) is 12.1 Å². The molecule has 0 bridgehead atoms. The molecule has 7 heteroatoms. The Morgan fingerprint density at radius 1 is 1.24 bits per heavy atom. The Hall–Kier alpha value is -2.41. The summed E-state index contributed by atoms with van der Waals surface area (Å²) in [7, 11) is 1.32. The first-order chi connectivity index (χ1) is 9.93. The summed E-state index contributed by atoms with van der Waals surface area (Å²) in [6.07, 6.45) is 0.399. The van der Waals surface area contributed by atoms with E-state index in [0.717, 1.165) is 5.56 Å². The number of ether oxygens (including phenoxy) is 1. The number of methoxy groups -OCH3 is 1. The summed E-state index contributed by atoms with van der Waals surface area (Å²) in [5.74, 6) is -1.43. The minimum absolute atomic E-state index is 0.181. The largest absolute Gasteiger partial charge is 0.465 e. The molecule has 0 radical (unpaired) electrons. The first-order valence-corrected chi connectivity index (χ1v) is 6.43. The third-order valence-electron chi connectivity index (χ3n) is 2.85. The zero-order valence-corrected chi connectivity index (χ0v) is 11.8. The van der Waals surface area contributed by atoms with Crippen molar-refractivity contribution in [2.24, 2.45) is 11.5 Å². The molecule has 0 aliphatic heterocycles. The van der Waals surface area contributed by atoms with Crippen molar-refractivity contribution in [1.82, 2.24) is 5.32 Å². The second-order valence-electron chi connectivity index (χ2n) is 4.51. The summed E-state index contributed by atoms with van der Waals surface area (Å²) in [6, 6.07) is 5.94. The summed E-state index contributed by atoms with van der Waals surface area (Å²) in [4.78, 5) is 33.5. The number of hydrogen-bond donors (Lipinski definition) is 3. The second-order valence-corrected chi connectivity index (χ2v) is 4.51. The normalized spacial score (nSPS) is 11.5. The molecule has 114 valence electrons. The Kier molecular flexibility index (Phi) is 6.35. The van der Waals surface area contributed by atoms with E-state index in [-0.39, 0.29) is 6.42 Å². The molecule has 2 amide bonds. The van der Waals surface area contributed by atoms with Crippen molar-refractivity contribution < 1.29 is 19.1 Å². The first kappa shape index (κ1) is 16.6. The Morgan fingerprint density at radius 2 is 1.86 bits per heavy atom. The fourth-order valence-electron chi connectivity index (χ4n) is 1.70. The lowest BCUT2D eigenvalue weighted by Gasteiger charge is -2.10. The molecule has 0 spiro atoms. The fraction of sp³-hybridized carbons (Fsp3) is 0.357. The summed E-state index contributed by atoms with van der Waals surface area (Å²) < 4.78 is 4.60. The van der Waals surface area contributed by atoms with Crippen LogP contribution in [0.4, 0.5) is 0 Å². The molecule has 0 saturated heterocycles. The number of esters is 1. The van der Waals surface area contributed by atoms with Crippen molar-refractivity contribution in [2.75, 3.05) is 13.7 Å². The van der Waals surface area contributed by atoms with E-state index < -0.39 is 23.8 Å². The monoisotopic (exact) mass is 293 g/mol. The molecular formula is C14H19N3O4. The zero-order valence-electron chi connectivity index (χ0n) is 11.8. The predicted octanol–water partition coefficient (Wildman–Crippen LogP) is -0.665. The number of benzene rings is 1. The van der Waals surface area contributed by atoms with Crippen LogP contribution >= 0.6 is 0 Å². The van der Waals surface area contributed by atoms with Gasteiger partial charge >= 0.3 is 5.97 Å². The highest BCUT2D eigenvalue weighted by Crippen LogP contribution is 2.06. The number of primary amides is 1.